The van der Waals surface area contributed by atoms with E-state index in [1.807, 2.05) is 0 Å². The number of likely N-dealkylation sites (tertiary alicyclic amines) is 1. The highest BCUT2D eigenvalue weighted by molar-refractivity contribution is 6.64. The van der Waals surface area contributed by atoms with E-state index in [0.29, 0.717) is 18.5 Å². The highest BCUT2D eigenvalue weighted by Gasteiger charge is 2.29. The van der Waals surface area contributed by atoms with Gasteiger partial charge >= 0.3 is 5.37 Å². The summed E-state index contributed by atoms with van der Waals surface area (Å²) in [6.45, 7) is 0.352. The third-order valence-electron chi connectivity index (χ3n) is 2.22. The fourth-order valence-electron chi connectivity index (χ4n) is 1.47. The zero-order chi connectivity index (χ0) is 10.8. The number of hydrogen-bond donors (Lipinski definition) is 0. The predicted octanol–water partition coefficient (Wildman–Crippen LogP) is 2.25. The maximum atomic E-state index is 11.6. The Bertz CT molecular complexity index is 422. The van der Waals surface area contributed by atoms with Crippen molar-refractivity contribution >= 4 is 29.0 Å². The van der Waals surface area contributed by atoms with Crippen molar-refractivity contribution in [1.29, 1.82) is 0 Å². The predicted molar refractivity (Wildman–Crippen MR) is 54.3 cm³/mol. The van der Waals surface area contributed by atoms with E-state index in [9.17, 15) is 9.59 Å². The van der Waals surface area contributed by atoms with Crippen molar-refractivity contribution in [3.8, 4) is 0 Å². The van der Waals surface area contributed by atoms with E-state index in [4.69, 9.17) is 16.0 Å². The number of rotatable bonds is 1. The van der Waals surface area contributed by atoms with Crippen molar-refractivity contribution in [2.24, 2.45) is 0 Å². The Morgan fingerprint density at radius 1 is 1.60 bits per heavy atom. The Labute approximate surface area is 91.1 Å². The second kappa shape index (κ2) is 3.90. The summed E-state index contributed by atoms with van der Waals surface area (Å²) in [4.78, 5) is 23.4. The van der Waals surface area contributed by atoms with Crippen LogP contribution in [-0.2, 0) is 4.79 Å². The van der Waals surface area contributed by atoms with E-state index in [1.54, 1.807) is 12.1 Å². The van der Waals surface area contributed by atoms with Gasteiger partial charge in [-0.3, -0.25) is 14.5 Å². The Morgan fingerprint density at radius 3 is 2.93 bits per heavy atom. The van der Waals surface area contributed by atoms with E-state index in [1.165, 1.54) is 12.5 Å². The molecule has 2 heterocycles. The second-order valence-corrected chi connectivity index (χ2v) is 3.51. The number of furan rings is 1. The zero-order valence-electron chi connectivity index (χ0n) is 7.77. The molecule has 0 unspecified atom stereocenters. The third kappa shape index (κ3) is 1.94. The van der Waals surface area contributed by atoms with Crippen LogP contribution in [-0.4, -0.2) is 22.7 Å². The zero-order valence-corrected chi connectivity index (χ0v) is 8.53. The summed E-state index contributed by atoms with van der Waals surface area (Å²) >= 11 is 5.25. The Hall–Kier alpha value is -1.55. The first-order chi connectivity index (χ1) is 7.18. The van der Waals surface area contributed by atoms with Gasteiger partial charge < -0.3 is 4.42 Å². The average Bonchev–Trinajstić information content (AvgIpc) is 2.78. The number of carbonyl (C=O) groups is 2. The molecule has 2 amide bonds. The van der Waals surface area contributed by atoms with Gasteiger partial charge in [0.1, 0.15) is 0 Å². The van der Waals surface area contributed by atoms with Crippen molar-refractivity contribution in [3.63, 3.8) is 0 Å². The summed E-state index contributed by atoms with van der Waals surface area (Å²) in [6, 6.07) is 1.74. The lowest BCUT2D eigenvalue weighted by atomic mass is 10.1. The first kappa shape index (κ1) is 9.98. The molecular weight excluding hydrogens is 218 g/mol. The van der Waals surface area contributed by atoms with Crippen LogP contribution in [0.25, 0.3) is 6.08 Å². The largest absolute Gasteiger partial charge is 0.472 e. The standard InChI is InChI=1S/C10H8ClNO3/c11-10(14)12-3-1-8(9(12)13)5-7-2-4-15-6-7/h2,4-6H,1,3H2. The third-order valence-corrected chi connectivity index (χ3v) is 2.42. The summed E-state index contributed by atoms with van der Waals surface area (Å²) in [5.41, 5.74) is 1.38. The molecule has 0 atom stereocenters. The molecule has 2 rings (SSSR count). The molecule has 5 heteroatoms. The molecule has 0 bridgehead atoms. The van der Waals surface area contributed by atoms with Gasteiger partial charge in [0.25, 0.3) is 5.91 Å². The van der Waals surface area contributed by atoms with E-state index in [-0.39, 0.29) is 5.91 Å². The maximum absolute atomic E-state index is 11.6. The van der Waals surface area contributed by atoms with E-state index in [2.05, 4.69) is 0 Å². The molecule has 1 aromatic rings. The van der Waals surface area contributed by atoms with Crippen LogP contribution in [0.15, 0.2) is 28.6 Å². The van der Waals surface area contributed by atoms with Gasteiger partial charge in [-0.25, -0.2) is 0 Å². The summed E-state index contributed by atoms with van der Waals surface area (Å²) in [5, 5.41) is -0.726. The van der Waals surface area contributed by atoms with Gasteiger partial charge in [0.05, 0.1) is 12.5 Å². The molecule has 0 aromatic carbocycles. The quantitative estimate of drug-likeness (QED) is 0.419. The lowest BCUT2D eigenvalue weighted by molar-refractivity contribution is -0.121. The van der Waals surface area contributed by atoms with Gasteiger partial charge in [0, 0.05) is 17.7 Å². The molecule has 78 valence electrons. The molecule has 0 spiro atoms. The monoisotopic (exact) mass is 225 g/mol. The van der Waals surface area contributed by atoms with E-state index >= 15 is 0 Å². The molecule has 15 heavy (non-hydrogen) atoms. The number of carbonyl (C=O) groups excluding carboxylic acids is 2. The van der Waals surface area contributed by atoms with E-state index in [0.717, 1.165) is 10.5 Å². The van der Waals surface area contributed by atoms with Crippen LogP contribution in [0.5, 0.6) is 0 Å². The lowest BCUT2D eigenvalue weighted by Crippen LogP contribution is -2.27. The number of halogens is 1. The van der Waals surface area contributed by atoms with Gasteiger partial charge in [0.15, 0.2) is 0 Å². The molecule has 1 aromatic heterocycles. The minimum atomic E-state index is -0.726. The number of amides is 2. The summed E-state index contributed by atoms with van der Waals surface area (Å²) < 4.78 is 4.87. The number of nitrogens with zero attached hydrogens (tertiary/aromatic N) is 1. The lowest BCUT2D eigenvalue weighted by Gasteiger charge is -2.06. The Kier molecular flexibility index (Phi) is 2.60. The Balaban J connectivity index is 2.20. The summed E-state index contributed by atoms with van der Waals surface area (Å²) in [6.07, 6.45) is 5.29. The SMILES string of the molecule is O=C(Cl)N1CCC(=Cc2ccoc2)C1=O. The molecular formula is C10H8ClNO3. The molecule has 0 N–H and O–H groups in total. The smallest absolute Gasteiger partial charge is 0.323 e. The first-order valence-corrected chi connectivity index (χ1v) is 4.80. The first-order valence-electron chi connectivity index (χ1n) is 4.42. The van der Waals surface area contributed by atoms with Crippen molar-refractivity contribution in [1.82, 2.24) is 4.90 Å². The minimum Gasteiger partial charge on any atom is -0.472 e. The van der Waals surface area contributed by atoms with Gasteiger partial charge in [0.2, 0.25) is 0 Å². The summed E-state index contributed by atoms with van der Waals surface area (Å²) in [5.74, 6) is -0.323. The van der Waals surface area contributed by atoms with Gasteiger partial charge in [-0.1, -0.05) is 0 Å². The van der Waals surface area contributed by atoms with Gasteiger partial charge in [-0.05, 0) is 30.2 Å². The maximum Gasteiger partial charge on any atom is 0.323 e. The number of imide groups is 1. The normalized spacial score (nSPS) is 18.9. The van der Waals surface area contributed by atoms with Crippen LogP contribution < -0.4 is 0 Å². The molecule has 1 fully saturated rings. The second-order valence-electron chi connectivity index (χ2n) is 3.19. The molecule has 1 aliphatic rings. The average molecular weight is 226 g/mol. The molecule has 0 radical (unpaired) electrons. The highest BCUT2D eigenvalue weighted by Crippen LogP contribution is 2.21. The van der Waals surface area contributed by atoms with Crippen LogP contribution in [0.3, 0.4) is 0 Å². The van der Waals surface area contributed by atoms with Crippen molar-refractivity contribution < 1.29 is 14.0 Å². The minimum absolute atomic E-state index is 0.323. The molecule has 0 aliphatic carbocycles. The van der Waals surface area contributed by atoms with Gasteiger partial charge in [-0.2, -0.15) is 0 Å². The fraction of sp³-hybridized carbons (Fsp3) is 0.200. The van der Waals surface area contributed by atoms with Crippen LogP contribution in [0.4, 0.5) is 4.79 Å². The van der Waals surface area contributed by atoms with Crippen LogP contribution in [0.2, 0.25) is 0 Å². The van der Waals surface area contributed by atoms with Crippen LogP contribution in [0.1, 0.15) is 12.0 Å². The topological polar surface area (TPSA) is 50.5 Å². The number of hydrogen-bond acceptors (Lipinski definition) is 3. The fourth-order valence-corrected chi connectivity index (χ4v) is 1.64. The molecule has 0 saturated carbocycles. The van der Waals surface area contributed by atoms with Crippen molar-refractivity contribution in [2.45, 2.75) is 6.42 Å². The van der Waals surface area contributed by atoms with Crippen molar-refractivity contribution in [3.05, 3.63) is 29.7 Å². The van der Waals surface area contributed by atoms with Gasteiger partial charge in [-0.15, -0.1) is 0 Å². The molecule has 1 saturated heterocycles. The van der Waals surface area contributed by atoms with Crippen molar-refractivity contribution in [2.75, 3.05) is 6.54 Å². The van der Waals surface area contributed by atoms with Crippen LogP contribution in [0, 0.1) is 0 Å². The van der Waals surface area contributed by atoms with Crippen LogP contribution >= 0.6 is 11.6 Å². The highest BCUT2D eigenvalue weighted by atomic mass is 35.5. The summed E-state index contributed by atoms with van der Waals surface area (Å²) in [7, 11) is 0. The van der Waals surface area contributed by atoms with E-state index < -0.39 is 5.37 Å². The Morgan fingerprint density at radius 2 is 2.40 bits per heavy atom. The molecule has 1 aliphatic heterocycles. The molecule has 4 nitrogen and oxygen atoms in total.